The van der Waals surface area contributed by atoms with Gasteiger partial charge in [-0.25, -0.2) is 4.18 Å². The van der Waals surface area contributed by atoms with Gasteiger partial charge in [-0.15, -0.1) is 0 Å². The minimum Gasteiger partial charge on any atom is -0.276 e. The van der Waals surface area contributed by atoms with Gasteiger partial charge in [0.05, 0.1) is 4.90 Å². The Kier molecular flexibility index (Phi) is 3.80. The summed E-state index contributed by atoms with van der Waals surface area (Å²) in [5, 5.41) is 0. The molecule has 1 atom stereocenters. The van der Waals surface area contributed by atoms with E-state index >= 15 is 0 Å². The van der Waals surface area contributed by atoms with Crippen LogP contribution in [0.5, 0.6) is 0 Å². The van der Waals surface area contributed by atoms with Gasteiger partial charge in [0.2, 0.25) is 0 Å². The summed E-state index contributed by atoms with van der Waals surface area (Å²) in [5.41, 5.74) is 2.06. The van der Waals surface area contributed by atoms with Gasteiger partial charge < -0.3 is 0 Å². The second kappa shape index (κ2) is 5.60. The maximum Gasteiger partial charge on any atom is 0.298 e. The molecule has 0 aliphatic carbocycles. The first kappa shape index (κ1) is 14.3. The van der Waals surface area contributed by atoms with Crippen molar-refractivity contribution in [3.63, 3.8) is 0 Å². The first-order valence-electron chi connectivity index (χ1n) is 6.84. The Hall–Kier alpha value is -1.69. The van der Waals surface area contributed by atoms with Crippen molar-refractivity contribution in [1.82, 2.24) is 4.90 Å². The summed E-state index contributed by atoms with van der Waals surface area (Å²) in [7, 11) is -1.90. The van der Waals surface area contributed by atoms with Gasteiger partial charge in [0.25, 0.3) is 10.1 Å². The number of hydrogen-bond acceptors (Lipinski definition) is 4. The minimum atomic E-state index is -3.78. The summed E-state index contributed by atoms with van der Waals surface area (Å²) in [6.07, 6.45) is 0.331. The average molecular weight is 303 g/mol. The Labute approximate surface area is 125 Å². The highest BCUT2D eigenvalue weighted by Gasteiger charge is 2.30. The molecule has 0 N–H and O–H groups in total. The number of fused-ring (bicyclic) bond motifs is 1. The lowest BCUT2D eigenvalue weighted by atomic mass is 9.99. The van der Waals surface area contributed by atoms with E-state index in [-0.39, 0.29) is 4.90 Å². The van der Waals surface area contributed by atoms with Crippen molar-refractivity contribution in [1.29, 1.82) is 0 Å². The maximum absolute atomic E-state index is 12.4. The molecule has 0 bridgehead atoms. The van der Waals surface area contributed by atoms with Gasteiger partial charge in [0, 0.05) is 12.1 Å². The molecule has 1 heterocycles. The minimum absolute atomic E-state index is 0.182. The number of hydrogen-bond donors (Lipinski definition) is 0. The zero-order chi connectivity index (χ0) is 14.9. The van der Waals surface area contributed by atoms with E-state index < -0.39 is 16.3 Å². The van der Waals surface area contributed by atoms with E-state index in [2.05, 4.69) is 0 Å². The summed E-state index contributed by atoms with van der Waals surface area (Å²) < 4.78 is 30.3. The second-order valence-corrected chi connectivity index (χ2v) is 6.72. The van der Waals surface area contributed by atoms with Gasteiger partial charge in [0.15, 0.2) is 6.23 Å². The highest BCUT2D eigenvalue weighted by Crippen LogP contribution is 2.32. The molecule has 0 saturated heterocycles. The first-order valence-corrected chi connectivity index (χ1v) is 8.25. The van der Waals surface area contributed by atoms with Gasteiger partial charge in [-0.1, -0.05) is 42.5 Å². The molecule has 0 saturated carbocycles. The Balaban J connectivity index is 1.94. The molecule has 1 aliphatic rings. The molecule has 0 aromatic heterocycles. The normalized spacial score (nSPS) is 19.2. The Morgan fingerprint density at radius 2 is 1.71 bits per heavy atom. The van der Waals surface area contributed by atoms with Crippen molar-refractivity contribution in [3.8, 4) is 0 Å². The summed E-state index contributed by atoms with van der Waals surface area (Å²) in [4.78, 5) is 2.10. The molecule has 3 rings (SSSR count). The zero-order valence-corrected chi connectivity index (χ0v) is 12.6. The number of likely N-dealkylation sites (N-methyl/N-ethyl adjacent to an activating group) is 1. The van der Waals surface area contributed by atoms with Crippen LogP contribution >= 0.6 is 0 Å². The smallest absolute Gasteiger partial charge is 0.276 e. The van der Waals surface area contributed by atoms with Crippen molar-refractivity contribution in [2.24, 2.45) is 0 Å². The third kappa shape index (κ3) is 2.85. The highest BCUT2D eigenvalue weighted by molar-refractivity contribution is 7.86. The van der Waals surface area contributed by atoms with Crippen LogP contribution in [0.2, 0.25) is 0 Å². The van der Waals surface area contributed by atoms with Crippen LogP contribution in [0.1, 0.15) is 17.4 Å². The molecule has 0 fully saturated rings. The lowest BCUT2D eigenvalue weighted by molar-refractivity contribution is 0.0413. The van der Waals surface area contributed by atoms with Crippen LogP contribution < -0.4 is 0 Å². The van der Waals surface area contributed by atoms with Crippen molar-refractivity contribution in [2.75, 3.05) is 13.6 Å². The molecule has 0 spiro atoms. The Bertz CT molecular complexity index is 728. The third-order valence-corrected chi connectivity index (χ3v) is 4.99. The molecule has 1 aliphatic heterocycles. The maximum atomic E-state index is 12.4. The fourth-order valence-corrected chi connectivity index (χ4v) is 3.63. The SMILES string of the molecule is CN1CCc2ccccc2C1OS(=O)(=O)c1ccccc1. The monoisotopic (exact) mass is 303 g/mol. The van der Waals surface area contributed by atoms with Crippen molar-refractivity contribution in [2.45, 2.75) is 17.5 Å². The predicted octanol–water partition coefficient (Wildman–Crippen LogP) is 2.58. The fourth-order valence-electron chi connectivity index (χ4n) is 2.54. The third-order valence-electron chi connectivity index (χ3n) is 3.71. The Morgan fingerprint density at radius 3 is 2.48 bits per heavy atom. The van der Waals surface area contributed by atoms with Crippen LogP contribution in [0, 0.1) is 0 Å². The van der Waals surface area contributed by atoms with E-state index in [9.17, 15) is 8.42 Å². The highest BCUT2D eigenvalue weighted by atomic mass is 32.2. The molecule has 2 aromatic rings. The van der Waals surface area contributed by atoms with E-state index in [0.29, 0.717) is 0 Å². The Morgan fingerprint density at radius 1 is 1.05 bits per heavy atom. The first-order chi connectivity index (χ1) is 10.1. The summed E-state index contributed by atoms with van der Waals surface area (Å²) in [6.45, 7) is 0.770. The average Bonchev–Trinajstić information content (AvgIpc) is 2.51. The molecular weight excluding hydrogens is 286 g/mol. The summed E-state index contributed by atoms with van der Waals surface area (Å²) in [5.74, 6) is 0. The lowest BCUT2D eigenvalue weighted by Gasteiger charge is -2.33. The largest absolute Gasteiger partial charge is 0.298 e. The molecular formula is C16H17NO3S. The van der Waals surface area contributed by atoms with Crippen LogP contribution in [-0.2, 0) is 20.7 Å². The second-order valence-electron chi connectivity index (χ2n) is 5.15. The topological polar surface area (TPSA) is 46.6 Å². The van der Waals surface area contributed by atoms with Gasteiger partial charge in [-0.05, 0) is 31.2 Å². The van der Waals surface area contributed by atoms with Crippen molar-refractivity contribution >= 4 is 10.1 Å². The quantitative estimate of drug-likeness (QED) is 0.818. The van der Waals surface area contributed by atoms with E-state index in [4.69, 9.17) is 4.18 Å². The van der Waals surface area contributed by atoms with Gasteiger partial charge in [-0.2, -0.15) is 8.42 Å². The van der Waals surface area contributed by atoms with Crippen LogP contribution in [0.15, 0.2) is 59.5 Å². The fraction of sp³-hybridized carbons (Fsp3) is 0.250. The van der Waals surface area contributed by atoms with Crippen molar-refractivity contribution in [3.05, 3.63) is 65.7 Å². The van der Waals surface area contributed by atoms with Crippen LogP contribution in [-0.4, -0.2) is 26.9 Å². The van der Waals surface area contributed by atoms with Gasteiger partial charge in [-0.3, -0.25) is 4.90 Å². The summed E-state index contributed by atoms with van der Waals surface area (Å²) >= 11 is 0. The lowest BCUT2D eigenvalue weighted by Crippen LogP contribution is -2.35. The van der Waals surface area contributed by atoms with Crippen LogP contribution in [0.4, 0.5) is 0 Å². The zero-order valence-electron chi connectivity index (χ0n) is 11.8. The van der Waals surface area contributed by atoms with E-state index in [1.807, 2.05) is 36.2 Å². The molecule has 1 unspecified atom stereocenters. The predicted molar refractivity (Wildman–Crippen MR) is 80.2 cm³/mol. The van der Waals surface area contributed by atoms with E-state index in [1.165, 1.54) is 0 Å². The molecule has 0 amide bonds. The van der Waals surface area contributed by atoms with E-state index in [0.717, 1.165) is 24.1 Å². The van der Waals surface area contributed by atoms with E-state index in [1.54, 1.807) is 30.3 Å². The van der Waals surface area contributed by atoms with Crippen LogP contribution in [0.3, 0.4) is 0 Å². The van der Waals surface area contributed by atoms with Gasteiger partial charge >= 0.3 is 0 Å². The molecule has 110 valence electrons. The number of benzene rings is 2. The molecule has 5 heteroatoms. The summed E-state index contributed by atoms with van der Waals surface area (Å²) in [6, 6.07) is 16.1. The van der Waals surface area contributed by atoms with Crippen molar-refractivity contribution < 1.29 is 12.6 Å². The number of rotatable bonds is 3. The number of nitrogens with zero attached hydrogens (tertiary/aromatic N) is 1. The van der Waals surface area contributed by atoms with Crippen LogP contribution in [0.25, 0.3) is 0 Å². The molecule has 0 radical (unpaired) electrons. The molecule has 4 nitrogen and oxygen atoms in total. The molecule has 2 aromatic carbocycles. The standard InChI is InChI=1S/C16H17NO3S/c1-17-12-11-13-7-5-6-10-15(13)16(17)20-21(18,19)14-8-3-2-4-9-14/h2-10,16H,11-12H2,1H3. The van der Waals surface area contributed by atoms with Gasteiger partial charge in [0.1, 0.15) is 0 Å². The molecule has 21 heavy (non-hydrogen) atoms.